The van der Waals surface area contributed by atoms with E-state index in [9.17, 15) is 23.3 Å². The highest BCUT2D eigenvalue weighted by Gasteiger charge is 2.20. The number of hydrogen-bond donors (Lipinski definition) is 1. The molecular formula is C19H22ClN3O5S. The zero-order valence-electron chi connectivity index (χ0n) is 16.3. The third kappa shape index (κ3) is 6.16. The number of anilines is 2. The lowest BCUT2D eigenvalue weighted by molar-refractivity contribution is -0.384. The number of nitrogens with zero attached hydrogens (tertiary/aromatic N) is 2. The Labute approximate surface area is 174 Å². The molecule has 8 nitrogen and oxygen atoms in total. The van der Waals surface area contributed by atoms with Crippen molar-refractivity contribution in [1.82, 2.24) is 0 Å². The van der Waals surface area contributed by atoms with Crippen LogP contribution in [0.2, 0.25) is 5.02 Å². The largest absolute Gasteiger partial charge is 0.326 e. The maximum atomic E-state index is 12.3. The Morgan fingerprint density at radius 3 is 2.45 bits per heavy atom. The number of carbonyl (C=O) groups is 1. The molecule has 1 amide bonds. The molecule has 0 aliphatic carbocycles. The molecule has 10 heteroatoms. The number of nitrogens with one attached hydrogen (secondary N) is 1. The van der Waals surface area contributed by atoms with Gasteiger partial charge >= 0.3 is 0 Å². The van der Waals surface area contributed by atoms with Gasteiger partial charge in [0.2, 0.25) is 15.9 Å². The van der Waals surface area contributed by atoms with Crippen molar-refractivity contribution in [2.45, 2.75) is 26.7 Å². The van der Waals surface area contributed by atoms with Crippen LogP contribution in [0.15, 0.2) is 36.4 Å². The molecule has 0 bridgehead atoms. The Kier molecular flexibility index (Phi) is 7.21. The standard InChI is InChI=1S/C19H22ClN3O5S/c1-13-7-9-16(23(25)26)12-17(13)21-19(24)5-4-10-22(29(3,27)28)18-11-15(20)8-6-14(18)2/h6-9,11-12H,4-5,10H2,1-3H3,(H,21,24). The topological polar surface area (TPSA) is 110 Å². The lowest BCUT2D eigenvalue weighted by Gasteiger charge is -2.24. The monoisotopic (exact) mass is 439 g/mol. The molecule has 0 aromatic heterocycles. The molecule has 2 rings (SSSR count). The number of amides is 1. The Balaban J connectivity index is 2.07. The van der Waals surface area contributed by atoms with E-state index in [-0.39, 0.29) is 31.0 Å². The van der Waals surface area contributed by atoms with E-state index in [2.05, 4.69) is 5.32 Å². The minimum Gasteiger partial charge on any atom is -0.326 e. The molecule has 0 saturated heterocycles. The van der Waals surface area contributed by atoms with E-state index in [4.69, 9.17) is 11.6 Å². The van der Waals surface area contributed by atoms with Crippen molar-refractivity contribution >= 4 is 44.6 Å². The summed E-state index contributed by atoms with van der Waals surface area (Å²) >= 11 is 6.00. The maximum absolute atomic E-state index is 12.3. The van der Waals surface area contributed by atoms with Crippen LogP contribution in [-0.4, -0.2) is 32.0 Å². The van der Waals surface area contributed by atoms with E-state index < -0.39 is 14.9 Å². The van der Waals surface area contributed by atoms with Crippen LogP contribution in [-0.2, 0) is 14.8 Å². The van der Waals surface area contributed by atoms with Gasteiger partial charge in [0, 0.05) is 30.1 Å². The van der Waals surface area contributed by atoms with Crippen LogP contribution >= 0.6 is 11.6 Å². The first kappa shape index (κ1) is 22.6. The molecule has 0 unspecified atom stereocenters. The Morgan fingerprint density at radius 1 is 1.17 bits per heavy atom. The van der Waals surface area contributed by atoms with E-state index in [0.29, 0.717) is 22.0 Å². The van der Waals surface area contributed by atoms with E-state index in [0.717, 1.165) is 11.8 Å². The summed E-state index contributed by atoms with van der Waals surface area (Å²) < 4.78 is 25.7. The van der Waals surface area contributed by atoms with Crippen molar-refractivity contribution in [2.75, 3.05) is 22.4 Å². The Morgan fingerprint density at radius 2 is 1.83 bits per heavy atom. The average Bonchev–Trinajstić information content (AvgIpc) is 2.61. The van der Waals surface area contributed by atoms with Crippen LogP contribution < -0.4 is 9.62 Å². The summed E-state index contributed by atoms with van der Waals surface area (Å²) in [4.78, 5) is 22.6. The van der Waals surface area contributed by atoms with Gasteiger partial charge in [-0.1, -0.05) is 23.7 Å². The second-order valence-corrected chi connectivity index (χ2v) is 9.02. The summed E-state index contributed by atoms with van der Waals surface area (Å²) in [5.74, 6) is -0.357. The first-order valence-corrected chi connectivity index (χ1v) is 11.0. The quantitative estimate of drug-likeness (QED) is 0.492. The summed E-state index contributed by atoms with van der Waals surface area (Å²) in [6, 6.07) is 9.20. The second kappa shape index (κ2) is 9.23. The van der Waals surface area contributed by atoms with Crippen LogP contribution in [0, 0.1) is 24.0 Å². The molecule has 2 aromatic carbocycles. The number of halogens is 1. The number of non-ortho nitro benzene ring substituents is 1. The minimum atomic E-state index is -3.57. The zero-order valence-corrected chi connectivity index (χ0v) is 17.9. The van der Waals surface area contributed by atoms with E-state index in [1.807, 2.05) is 0 Å². The average molecular weight is 440 g/mol. The van der Waals surface area contributed by atoms with Gasteiger partial charge in [0.05, 0.1) is 22.6 Å². The molecule has 0 aliphatic rings. The number of aryl methyl sites for hydroxylation is 2. The van der Waals surface area contributed by atoms with Gasteiger partial charge in [0.25, 0.3) is 5.69 Å². The highest BCUT2D eigenvalue weighted by molar-refractivity contribution is 7.92. The van der Waals surface area contributed by atoms with Crippen molar-refractivity contribution in [3.63, 3.8) is 0 Å². The number of nitro benzene ring substituents is 1. The number of hydrogen-bond acceptors (Lipinski definition) is 5. The van der Waals surface area contributed by atoms with Gasteiger partial charge in [0.1, 0.15) is 0 Å². The van der Waals surface area contributed by atoms with Crippen LogP contribution in [0.25, 0.3) is 0 Å². The fourth-order valence-corrected chi connectivity index (χ4v) is 3.95. The van der Waals surface area contributed by atoms with Crippen molar-refractivity contribution in [3.8, 4) is 0 Å². The van der Waals surface area contributed by atoms with Gasteiger partial charge < -0.3 is 5.32 Å². The second-order valence-electron chi connectivity index (χ2n) is 6.67. The van der Waals surface area contributed by atoms with Crippen molar-refractivity contribution in [3.05, 3.63) is 62.7 Å². The summed E-state index contributed by atoms with van der Waals surface area (Å²) in [6.07, 6.45) is 1.41. The van der Waals surface area contributed by atoms with Gasteiger partial charge in [-0.05, 0) is 43.5 Å². The third-order valence-electron chi connectivity index (χ3n) is 4.31. The van der Waals surface area contributed by atoms with Crippen LogP contribution in [0.4, 0.5) is 17.1 Å². The van der Waals surface area contributed by atoms with Gasteiger partial charge in [-0.25, -0.2) is 8.42 Å². The zero-order chi connectivity index (χ0) is 21.8. The summed E-state index contributed by atoms with van der Waals surface area (Å²) in [7, 11) is -3.57. The first-order chi connectivity index (χ1) is 13.5. The molecule has 0 aliphatic heterocycles. The summed E-state index contributed by atoms with van der Waals surface area (Å²) in [6.45, 7) is 3.61. The fourth-order valence-electron chi connectivity index (χ4n) is 2.77. The number of sulfonamides is 1. The normalized spacial score (nSPS) is 11.2. The molecule has 0 saturated carbocycles. The molecule has 2 aromatic rings. The fraction of sp³-hybridized carbons (Fsp3) is 0.316. The molecule has 156 valence electrons. The van der Waals surface area contributed by atoms with E-state index >= 15 is 0 Å². The number of benzene rings is 2. The van der Waals surface area contributed by atoms with Gasteiger partial charge in [0.15, 0.2) is 0 Å². The third-order valence-corrected chi connectivity index (χ3v) is 5.73. The molecular weight excluding hydrogens is 418 g/mol. The van der Waals surface area contributed by atoms with E-state index in [1.165, 1.54) is 16.4 Å². The van der Waals surface area contributed by atoms with Gasteiger partial charge in [-0.2, -0.15) is 0 Å². The molecule has 0 heterocycles. The molecule has 0 spiro atoms. The van der Waals surface area contributed by atoms with Crippen molar-refractivity contribution < 1.29 is 18.1 Å². The first-order valence-electron chi connectivity index (χ1n) is 8.78. The number of nitro groups is 1. The van der Waals surface area contributed by atoms with E-state index in [1.54, 1.807) is 38.1 Å². The van der Waals surface area contributed by atoms with Crippen molar-refractivity contribution in [2.24, 2.45) is 0 Å². The summed E-state index contributed by atoms with van der Waals surface area (Å²) in [5, 5.41) is 14.0. The maximum Gasteiger partial charge on any atom is 0.271 e. The molecule has 1 N–H and O–H groups in total. The predicted molar refractivity (Wildman–Crippen MR) is 114 cm³/mol. The lowest BCUT2D eigenvalue weighted by Crippen LogP contribution is -2.32. The SMILES string of the molecule is Cc1ccc([N+](=O)[O-])cc1NC(=O)CCCN(c1cc(Cl)ccc1C)S(C)(=O)=O. The van der Waals surface area contributed by atoms with Crippen molar-refractivity contribution in [1.29, 1.82) is 0 Å². The van der Waals surface area contributed by atoms with Crippen LogP contribution in [0.5, 0.6) is 0 Å². The van der Waals surface area contributed by atoms with Crippen LogP contribution in [0.3, 0.4) is 0 Å². The van der Waals surface area contributed by atoms with Gasteiger partial charge in [-0.15, -0.1) is 0 Å². The molecule has 0 atom stereocenters. The highest BCUT2D eigenvalue weighted by Crippen LogP contribution is 2.27. The Bertz CT molecular complexity index is 1040. The Hall–Kier alpha value is -2.65. The molecule has 0 radical (unpaired) electrons. The highest BCUT2D eigenvalue weighted by atomic mass is 35.5. The summed E-state index contributed by atoms with van der Waals surface area (Å²) in [5.41, 5.74) is 2.14. The van der Waals surface area contributed by atoms with Crippen LogP contribution in [0.1, 0.15) is 24.0 Å². The number of rotatable bonds is 8. The smallest absolute Gasteiger partial charge is 0.271 e. The number of carbonyl (C=O) groups excluding carboxylic acids is 1. The molecule has 0 fully saturated rings. The molecule has 29 heavy (non-hydrogen) atoms. The van der Waals surface area contributed by atoms with Gasteiger partial charge in [-0.3, -0.25) is 19.2 Å². The predicted octanol–water partition coefficient (Wildman–Crippen LogP) is 4.05. The lowest BCUT2D eigenvalue weighted by atomic mass is 10.1. The minimum absolute atomic E-state index is 0.0494.